The molecule has 0 heterocycles. The average molecular weight is 296 g/mol. The number of alkyl halides is 3. The van der Waals surface area contributed by atoms with E-state index in [1.54, 1.807) is 0 Å². The fourth-order valence-electron chi connectivity index (χ4n) is 1.41. The van der Waals surface area contributed by atoms with Crippen molar-refractivity contribution < 1.29 is 17.9 Å². The molecule has 1 N–H and O–H groups in total. The minimum absolute atomic E-state index is 0.0543. The molecule has 0 saturated carbocycles. The Balaban J connectivity index is 2.47. The van der Waals surface area contributed by atoms with Crippen molar-refractivity contribution in [3.05, 3.63) is 28.8 Å². The van der Waals surface area contributed by atoms with Gasteiger partial charge in [0, 0.05) is 13.2 Å². The highest BCUT2D eigenvalue weighted by molar-refractivity contribution is 6.33. The van der Waals surface area contributed by atoms with Crippen molar-refractivity contribution >= 4 is 17.3 Å². The van der Waals surface area contributed by atoms with E-state index in [9.17, 15) is 13.2 Å². The van der Waals surface area contributed by atoms with Crippen LogP contribution in [-0.4, -0.2) is 19.8 Å². The molecule has 0 aliphatic heterocycles. The van der Waals surface area contributed by atoms with Gasteiger partial charge in [-0.15, -0.1) is 0 Å². The maximum atomic E-state index is 12.4. The van der Waals surface area contributed by atoms with Crippen LogP contribution in [0, 0.1) is 5.92 Å². The molecule has 0 saturated heterocycles. The summed E-state index contributed by atoms with van der Waals surface area (Å²) in [5, 5.41) is 3.00. The lowest BCUT2D eigenvalue weighted by molar-refractivity contribution is -0.137. The van der Waals surface area contributed by atoms with Gasteiger partial charge in [0.2, 0.25) is 0 Å². The summed E-state index contributed by atoms with van der Waals surface area (Å²) in [6.07, 6.45) is -4.37. The van der Waals surface area contributed by atoms with Crippen LogP contribution in [0.25, 0.3) is 0 Å². The van der Waals surface area contributed by atoms with Crippen LogP contribution < -0.4 is 5.32 Å². The van der Waals surface area contributed by atoms with Gasteiger partial charge in [0.1, 0.15) is 0 Å². The smallest absolute Gasteiger partial charge is 0.382 e. The number of rotatable bonds is 6. The highest BCUT2D eigenvalue weighted by Crippen LogP contribution is 2.33. The van der Waals surface area contributed by atoms with Crippen LogP contribution in [-0.2, 0) is 10.9 Å². The Morgan fingerprint density at radius 3 is 2.53 bits per heavy atom. The normalized spacial score (nSPS) is 11.9. The van der Waals surface area contributed by atoms with Gasteiger partial charge in [0.05, 0.1) is 22.9 Å². The second-order valence-electron chi connectivity index (χ2n) is 4.59. The predicted molar refractivity (Wildman–Crippen MR) is 70.6 cm³/mol. The fraction of sp³-hybridized carbons (Fsp3) is 0.538. The molecule has 1 rings (SSSR count). The van der Waals surface area contributed by atoms with Gasteiger partial charge in [0.25, 0.3) is 0 Å². The molecule has 0 aliphatic carbocycles. The van der Waals surface area contributed by atoms with E-state index in [-0.39, 0.29) is 5.02 Å². The number of hydrogen-bond donors (Lipinski definition) is 1. The largest absolute Gasteiger partial charge is 0.416 e. The molecule has 0 aromatic heterocycles. The predicted octanol–water partition coefficient (Wildman–Crippen LogP) is 4.44. The van der Waals surface area contributed by atoms with Crippen molar-refractivity contribution in [2.75, 3.05) is 25.1 Å². The molecule has 0 bridgehead atoms. The summed E-state index contributed by atoms with van der Waals surface area (Å²) < 4.78 is 42.6. The summed E-state index contributed by atoms with van der Waals surface area (Å²) in [7, 11) is 0. The molecule has 19 heavy (non-hydrogen) atoms. The zero-order valence-corrected chi connectivity index (χ0v) is 11.6. The van der Waals surface area contributed by atoms with E-state index >= 15 is 0 Å². The highest BCUT2D eigenvalue weighted by Gasteiger charge is 2.30. The summed E-state index contributed by atoms with van der Waals surface area (Å²) in [5.74, 6) is 0.453. The van der Waals surface area contributed by atoms with Gasteiger partial charge in [-0.05, 0) is 24.1 Å². The first-order chi connectivity index (χ1) is 8.80. The third-order valence-electron chi connectivity index (χ3n) is 2.31. The Kier molecular flexibility index (Phi) is 5.94. The third-order valence-corrected chi connectivity index (χ3v) is 2.62. The van der Waals surface area contributed by atoms with E-state index in [2.05, 4.69) is 5.32 Å². The zero-order chi connectivity index (χ0) is 14.5. The fourth-order valence-corrected chi connectivity index (χ4v) is 1.66. The Bertz CT molecular complexity index is 407. The minimum atomic E-state index is -4.37. The number of benzene rings is 1. The molecular weight excluding hydrogens is 279 g/mol. The first-order valence-electron chi connectivity index (χ1n) is 5.99. The van der Waals surface area contributed by atoms with Crippen molar-refractivity contribution in [3.63, 3.8) is 0 Å². The van der Waals surface area contributed by atoms with Crippen LogP contribution in [0.3, 0.4) is 0 Å². The van der Waals surface area contributed by atoms with Gasteiger partial charge in [0.15, 0.2) is 0 Å². The Labute approximate surface area is 115 Å². The first-order valence-corrected chi connectivity index (χ1v) is 6.37. The number of hydrogen-bond acceptors (Lipinski definition) is 2. The lowest BCUT2D eigenvalue weighted by Crippen LogP contribution is -2.12. The summed E-state index contributed by atoms with van der Waals surface area (Å²) in [4.78, 5) is 0. The molecule has 0 fully saturated rings. The van der Waals surface area contributed by atoms with Gasteiger partial charge in [-0.1, -0.05) is 25.4 Å². The molecule has 0 radical (unpaired) electrons. The molecule has 0 aliphatic rings. The Morgan fingerprint density at radius 2 is 2.00 bits per heavy atom. The van der Waals surface area contributed by atoms with Crippen molar-refractivity contribution in [3.8, 4) is 0 Å². The van der Waals surface area contributed by atoms with E-state index in [1.165, 1.54) is 6.07 Å². The number of nitrogens with one attached hydrogen (secondary N) is 1. The number of ether oxygens (including phenoxy) is 1. The Morgan fingerprint density at radius 1 is 1.32 bits per heavy atom. The molecule has 1 aromatic rings. The summed E-state index contributed by atoms with van der Waals surface area (Å²) >= 11 is 5.80. The SMILES string of the molecule is CC(C)COCCNc1ccc(C(F)(F)F)cc1Cl. The molecule has 0 atom stereocenters. The summed E-state index contributed by atoms with van der Waals surface area (Å²) in [6.45, 7) is 5.72. The van der Waals surface area contributed by atoms with Gasteiger partial charge in [-0.3, -0.25) is 0 Å². The topological polar surface area (TPSA) is 21.3 Å². The third kappa shape index (κ3) is 5.70. The highest BCUT2D eigenvalue weighted by atomic mass is 35.5. The van der Waals surface area contributed by atoms with Crippen LogP contribution >= 0.6 is 11.6 Å². The van der Waals surface area contributed by atoms with Crippen LogP contribution in [0.2, 0.25) is 5.02 Å². The molecule has 1 aromatic carbocycles. The van der Waals surface area contributed by atoms with E-state index in [0.717, 1.165) is 12.1 Å². The van der Waals surface area contributed by atoms with Crippen LogP contribution in [0.15, 0.2) is 18.2 Å². The summed E-state index contributed by atoms with van der Waals surface area (Å²) in [5.41, 5.74) is -0.276. The van der Waals surface area contributed by atoms with Crippen LogP contribution in [0.4, 0.5) is 18.9 Å². The minimum Gasteiger partial charge on any atom is -0.382 e. The van der Waals surface area contributed by atoms with Crippen LogP contribution in [0.1, 0.15) is 19.4 Å². The molecule has 6 heteroatoms. The van der Waals surface area contributed by atoms with Crippen molar-refractivity contribution in [2.24, 2.45) is 5.92 Å². The monoisotopic (exact) mass is 295 g/mol. The quantitative estimate of drug-likeness (QED) is 0.783. The number of halogens is 4. The van der Waals surface area contributed by atoms with Gasteiger partial charge in [-0.25, -0.2) is 0 Å². The van der Waals surface area contributed by atoms with E-state index < -0.39 is 11.7 Å². The van der Waals surface area contributed by atoms with Crippen molar-refractivity contribution in [2.45, 2.75) is 20.0 Å². The molecule has 108 valence electrons. The average Bonchev–Trinajstić information content (AvgIpc) is 2.28. The van der Waals surface area contributed by atoms with Gasteiger partial charge < -0.3 is 10.1 Å². The van der Waals surface area contributed by atoms with Gasteiger partial charge in [-0.2, -0.15) is 13.2 Å². The van der Waals surface area contributed by atoms with Crippen molar-refractivity contribution in [1.82, 2.24) is 0 Å². The summed E-state index contributed by atoms with van der Waals surface area (Å²) in [6, 6.07) is 3.25. The second-order valence-corrected chi connectivity index (χ2v) is 5.00. The lowest BCUT2D eigenvalue weighted by atomic mass is 10.2. The van der Waals surface area contributed by atoms with Crippen molar-refractivity contribution in [1.29, 1.82) is 0 Å². The molecule has 0 spiro atoms. The van der Waals surface area contributed by atoms with E-state index in [4.69, 9.17) is 16.3 Å². The maximum Gasteiger partial charge on any atom is 0.416 e. The maximum absolute atomic E-state index is 12.4. The molecule has 2 nitrogen and oxygen atoms in total. The zero-order valence-electron chi connectivity index (χ0n) is 10.9. The van der Waals surface area contributed by atoms with Crippen LogP contribution in [0.5, 0.6) is 0 Å². The first kappa shape index (κ1) is 16.1. The van der Waals surface area contributed by atoms with E-state index in [1.807, 2.05) is 13.8 Å². The molecular formula is C13H17ClF3NO. The standard InChI is InChI=1S/C13H17ClF3NO/c1-9(2)8-19-6-5-18-12-4-3-10(7-11(12)14)13(15,16)17/h3-4,7,9,18H,5-6,8H2,1-2H3. The number of anilines is 1. The lowest BCUT2D eigenvalue weighted by Gasteiger charge is -2.12. The Hall–Kier alpha value is -0.940. The van der Waals surface area contributed by atoms with Gasteiger partial charge >= 0.3 is 6.18 Å². The second kappa shape index (κ2) is 7.01. The van der Waals surface area contributed by atoms with E-state index in [0.29, 0.717) is 31.4 Å². The molecule has 0 unspecified atom stereocenters. The molecule has 0 amide bonds.